The van der Waals surface area contributed by atoms with Crippen LogP contribution in [0.1, 0.15) is 30.1 Å². The Labute approximate surface area is 94.7 Å². The van der Waals surface area contributed by atoms with Crippen molar-refractivity contribution in [2.75, 3.05) is 13.1 Å². The molecule has 1 atom stereocenters. The number of amides is 1. The molecule has 1 saturated heterocycles. The fourth-order valence-corrected chi connectivity index (χ4v) is 2.11. The predicted octanol–water partition coefficient (Wildman–Crippen LogP) is 0.407. The number of β-amino-alcohol motifs (C(OH)–C–C–N with tert-alkyl or cyclic N) is 1. The quantitative estimate of drug-likeness (QED) is 0.750. The van der Waals surface area contributed by atoms with Crippen molar-refractivity contribution < 1.29 is 9.90 Å². The van der Waals surface area contributed by atoms with Crippen molar-refractivity contribution >= 4 is 5.91 Å². The van der Waals surface area contributed by atoms with Crippen molar-refractivity contribution in [2.45, 2.75) is 25.4 Å². The molecular formula is C11H17N3O2. The van der Waals surface area contributed by atoms with E-state index in [1.54, 1.807) is 35.9 Å². The molecule has 5 heteroatoms. The van der Waals surface area contributed by atoms with E-state index in [2.05, 4.69) is 5.10 Å². The lowest BCUT2D eigenvalue weighted by Crippen LogP contribution is -2.48. The van der Waals surface area contributed by atoms with Gasteiger partial charge in [0.1, 0.15) is 0 Å². The number of likely N-dealkylation sites (tertiary alicyclic amines) is 1. The molecule has 1 fully saturated rings. The molecule has 1 unspecified atom stereocenters. The summed E-state index contributed by atoms with van der Waals surface area (Å²) < 4.78 is 1.61. The van der Waals surface area contributed by atoms with Gasteiger partial charge in [-0.3, -0.25) is 9.48 Å². The molecule has 0 bridgehead atoms. The van der Waals surface area contributed by atoms with Crippen molar-refractivity contribution in [3.8, 4) is 0 Å². The Bertz CT molecular complexity index is 398. The largest absolute Gasteiger partial charge is 0.388 e. The molecule has 5 nitrogen and oxygen atoms in total. The van der Waals surface area contributed by atoms with Gasteiger partial charge in [0.2, 0.25) is 0 Å². The highest BCUT2D eigenvalue weighted by Crippen LogP contribution is 2.21. The first-order chi connectivity index (χ1) is 7.48. The Balaban J connectivity index is 2.10. The Kier molecular flexibility index (Phi) is 2.71. The minimum Gasteiger partial charge on any atom is -0.388 e. The molecule has 1 aromatic rings. The number of aliphatic hydroxyl groups is 1. The summed E-state index contributed by atoms with van der Waals surface area (Å²) in [5.41, 5.74) is -0.170. The second-order valence-electron chi connectivity index (χ2n) is 4.73. The molecule has 0 radical (unpaired) electrons. The molecule has 0 aromatic carbocycles. The second-order valence-corrected chi connectivity index (χ2v) is 4.73. The Morgan fingerprint density at radius 3 is 2.94 bits per heavy atom. The minimum absolute atomic E-state index is 0.0481. The molecule has 0 spiro atoms. The number of nitrogens with zero attached hydrogens (tertiary/aromatic N) is 3. The number of hydrogen-bond acceptors (Lipinski definition) is 3. The summed E-state index contributed by atoms with van der Waals surface area (Å²) in [6.07, 6.45) is 4.86. The molecule has 88 valence electrons. The minimum atomic E-state index is -0.754. The number of carbonyl (C=O) groups is 1. The Morgan fingerprint density at radius 1 is 1.62 bits per heavy atom. The summed E-state index contributed by atoms with van der Waals surface area (Å²) in [6.45, 7) is 2.89. The number of aromatic nitrogens is 2. The average molecular weight is 223 g/mol. The molecule has 1 amide bonds. The first-order valence-electron chi connectivity index (χ1n) is 5.48. The third-order valence-electron chi connectivity index (χ3n) is 2.91. The average Bonchev–Trinajstić information content (AvgIpc) is 2.62. The van der Waals surface area contributed by atoms with Gasteiger partial charge in [0, 0.05) is 26.3 Å². The van der Waals surface area contributed by atoms with Crippen LogP contribution in [0, 0.1) is 0 Å². The van der Waals surface area contributed by atoms with Crippen LogP contribution < -0.4 is 0 Å². The lowest BCUT2D eigenvalue weighted by Gasteiger charge is -2.36. The highest BCUT2D eigenvalue weighted by Gasteiger charge is 2.31. The summed E-state index contributed by atoms with van der Waals surface area (Å²) in [5, 5.41) is 13.9. The normalized spacial score (nSPS) is 25.8. The van der Waals surface area contributed by atoms with Gasteiger partial charge in [0.25, 0.3) is 5.91 Å². The van der Waals surface area contributed by atoms with E-state index in [4.69, 9.17) is 0 Å². The van der Waals surface area contributed by atoms with E-state index >= 15 is 0 Å². The molecule has 16 heavy (non-hydrogen) atoms. The number of aryl methyl sites for hydroxylation is 1. The first kappa shape index (κ1) is 11.1. The van der Waals surface area contributed by atoms with Gasteiger partial charge in [-0.25, -0.2) is 0 Å². The highest BCUT2D eigenvalue weighted by molar-refractivity contribution is 5.93. The summed E-state index contributed by atoms with van der Waals surface area (Å²) in [5.74, 6) is -0.0481. The van der Waals surface area contributed by atoms with Crippen LogP contribution in [0.25, 0.3) is 0 Å². The molecule has 0 aliphatic carbocycles. The van der Waals surface area contributed by atoms with Crippen molar-refractivity contribution in [3.05, 3.63) is 18.0 Å². The zero-order valence-corrected chi connectivity index (χ0v) is 9.68. The van der Waals surface area contributed by atoms with E-state index in [0.717, 1.165) is 12.8 Å². The molecule has 1 aliphatic rings. The SMILES string of the molecule is Cn1cc(C(=O)N2CCCC(C)(O)C2)cn1. The van der Waals surface area contributed by atoms with E-state index in [9.17, 15) is 9.90 Å². The number of hydrogen-bond donors (Lipinski definition) is 1. The van der Waals surface area contributed by atoms with Crippen molar-refractivity contribution in [3.63, 3.8) is 0 Å². The fraction of sp³-hybridized carbons (Fsp3) is 0.636. The van der Waals surface area contributed by atoms with E-state index in [1.165, 1.54) is 0 Å². The smallest absolute Gasteiger partial charge is 0.257 e. The van der Waals surface area contributed by atoms with Crippen LogP contribution in [0.15, 0.2) is 12.4 Å². The van der Waals surface area contributed by atoms with Gasteiger partial charge in [0.15, 0.2) is 0 Å². The van der Waals surface area contributed by atoms with Gasteiger partial charge in [-0.1, -0.05) is 0 Å². The Hall–Kier alpha value is -1.36. The van der Waals surface area contributed by atoms with E-state index in [1.807, 2.05) is 0 Å². The maximum Gasteiger partial charge on any atom is 0.257 e. The van der Waals surface area contributed by atoms with Gasteiger partial charge in [-0.05, 0) is 19.8 Å². The van der Waals surface area contributed by atoms with Gasteiger partial charge < -0.3 is 10.0 Å². The first-order valence-corrected chi connectivity index (χ1v) is 5.48. The van der Waals surface area contributed by atoms with Crippen LogP contribution in [0.2, 0.25) is 0 Å². The Morgan fingerprint density at radius 2 is 2.38 bits per heavy atom. The molecule has 1 aromatic heterocycles. The van der Waals surface area contributed by atoms with Crippen molar-refractivity contribution in [1.82, 2.24) is 14.7 Å². The predicted molar refractivity (Wildman–Crippen MR) is 59.0 cm³/mol. The van der Waals surface area contributed by atoms with Crippen molar-refractivity contribution in [1.29, 1.82) is 0 Å². The van der Waals surface area contributed by atoms with E-state index < -0.39 is 5.60 Å². The summed E-state index contributed by atoms with van der Waals surface area (Å²) >= 11 is 0. The third-order valence-corrected chi connectivity index (χ3v) is 2.91. The monoisotopic (exact) mass is 223 g/mol. The topological polar surface area (TPSA) is 58.4 Å². The van der Waals surface area contributed by atoms with Crippen LogP contribution in [0.5, 0.6) is 0 Å². The summed E-state index contributed by atoms with van der Waals surface area (Å²) in [7, 11) is 1.78. The lowest BCUT2D eigenvalue weighted by molar-refractivity contribution is -0.0107. The molecule has 1 aliphatic heterocycles. The highest BCUT2D eigenvalue weighted by atomic mass is 16.3. The molecule has 0 saturated carbocycles. The molecule has 2 rings (SSSR count). The zero-order chi connectivity index (χ0) is 11.8. The van der Waals surface area contributed by atoms with Gasteiger partial charge in [0.05, 0.1) is 17.4 Å². The molecular weight excluding hydrogens is 206 g/mol. The standard InChI is InChI=1S/C11H17N3O2/c1-11(16)4-3-5-14(8-11)10(15)9-6-12-13(2)7-9/h6-7,16H,3-5,8H2,1-2H3. The van der Waals surface area contributed by atoms with Gasteiger partial charge in [-0.2, -0.15) is 5.10 Å². The van der Waals surface area contributed by atoms with E-state index in [-0.39, 0.29) is 5.91 Å². The van der Waals surface area contributed by atoms with Crippen LogP contribution in [0.4, 0.5) is 0 Å². The van der Waals surface area contributed by atoms with Gasteiger partial charge in [-0.15, -0.1) is 0 Å². The maximum atomic E-state index is 12.1. The maximum absolute atomic E-state index is 12.1. The fourth-order valence-electron chi connectivity index (χ4n) is 2.11. The van der Waals surface area contributed by atoms with Crippen LogP contribution in [-0.4, -0.2) is 44.4 Å². The number of piperidine rings is 1. The lowest BCUT2D eigenvalue weighted by atomic mass is 9.95. The number of carbonyl (C=O) groups excluding carboxylic acids is 1. The van der Waals surface area contributed by atoms with Crippen molar-refractivity contribution in [2.24, 2.45) is 7.05 Å². The van der Waals surface area contributed by atoms with Crippen LogP contribution in [-0.2, 0) is 7.05 Å². The summed E-state index contributed by atoms with van der Waals surface area (Å²) in [4.78, 5) is 13.8. The zero-order valence-electron chi connectivity index (χ0n) is 9.68. The van der Waals surface area contributed by atoms with Gasteiger partial charge >= 0.3 is 0 Å². The van der Waals surface area contributed by atoms with Crippen LogP contribution >= 0.6 is 0 Å². The summed E-state index contributed by atoms with van der Waals surface area (Å²) in [6, 6.07) is 0. The second kappa shape index (κ2) is 3.90. The molecule has 2 heterocycles. The van der Waals surface area contributed by atoms with E-state index in [0.29, 0.717) is 18.7 Å². The number of rotatable bonds is 1. The third kappa shape index (κ3) is 2.24. The molecule has 1 N–H and O–H groups in total. The van der Waals surface area contributed by atoms with Crippen LogP contribution in [0.3, 0.4) is 0 Å².